The average Bonchev–Trinajstić information content (AvgIpc) is 2.81. The third-order valence-corrected chi connectivity index (χ3v) is 4.57. The van der Waals surface area contributed by atoms with Crippen LogP contribution < -0.4 is 5.32 Å². The summed E-state index contributed by atoms with van der Waals surface area (Å²) in [7, 11) is 0. The van der Waals surface area contributed by atoms with Crippen LogP contribution in [0.1, 0.15) is 52.4 Å². The first-order chi connectivity index (χ1) is 9.49. The molecule has 3 atom stereocenters. The van der Waals surface area contributed by atoms with E-state index in [9.17, 15) is 14.7 Å². The van der Waals surface area contributed by atoms with Crippen LogP contribution in [-0.4, -0.2) is 40.6 Å². The number of rotatable bonds is 4. The Kier molecular flexibility index (Phi) is 4.89. The monoisotopic (exact) mass is 282 g/mol. The summed E-state index contributed by atoms with van der Waals surface area (Å²) in [4.78, 5) is 25.5. The Morgan fingerprint density at radius 1 is 1.25 bits per heavy atom. The molecule has 1 saturated heterocycles. The normalized spacial score (nSPS) is 27.2. The highest BCUT2D eigenvalue weighted by Gasteiger charge is 2.39. The standard InChI is InChI=1S/C15H26N2O3/c1-10(2)9-12(14(18)19)16-15(20)17-8-7-11-5-3-4-6-13(11)17/h10-13H,3-9H2,1-2H3,(H,16,20)(H,18,19). The molecule has 114 valence electrons. The van der Waals surface area contributed by atoms with Gasteiger partial charge < -0.3 is 15.3 Å². The molecule has 1 saturated carbocycles. The molecule has 2 fully saturated rings. The van der Waals surface area contributed by atoms with E-state index < -0.39 is 12.0 Å². The first kappa shape index (κ1) is 15.1. The predicted octanol–water partition coefficient (Wildman–Crippen LogP) is 2.46. The zero-order valence-electron chi connectivity index (χ0n) is 12.5. The molecule has 1 heterocycles. The number of nitrogens with one attached hydrogen (secondary N) is 1. The summed E-state index contributed by atoms with van der Waals surface area (Å²) in [6.45, 7) is 4.71. The fourth-order valence-corrected chi connectivity index (χ4v) is 3.58. The molecule has 20 heavy (non-hydrogen) atoms. The maximum atomic E-state index is 12.3. The molecule has 2 aliphatic rings. The minimum Gasteiger partial charge on any atom is -0.480 e. The van der Waals surface area contributed by atoms with E-state index in [1.165, 1.54) is 19.3 Å². The van der Waals surface area contributed by atoms with Gasteiger partial charge in [-0.05, 0) is 37.5 Å². The summed E-state index contributed by atoms with van der Waals surface area (Å²) in [6, 6.07) is -0.630. The SMILES string of the molecule is CC(C)CC(NC(=O)N1CCC2CCCCC21)C(=O)O. The third-order valence-electron chi connectivity index (χ3n) is 4.57. The molecule has 0 aromatic carbocycles. The fraction of sp³-hybridized carbons (Fsp3) is 0.867. The molecule has 3 unspecified atom stereocenters. The molecule has 0 aromatic rings. The molecule has 2 rings (SSSR count). The Morgan fingerprint density at radius 3 is 2.60 bits per heavy atom. The minimum atomic E-state index is -0.938. The summed E-state index contributed by atoms with van der Waals surface area (Å²) in [5.74, 6) is -0.0632. The Labute approximate surface area is 120 Å². The number of carboxylic acids is 1. The summed E-state index contributed by atoms with van der Waals surface area (Å²) < 4.78 is 0. The van der Waals surface area contributed by atoms with Gasteiger partial charge in [0.2, 0.25) is 0 Å². The number of amides is 2. The Hall–Kier alpha value is -1.26. The molecule has 5 heteroatoms. The van der Waals surface area contributed by atoms with Crippen LogP contribution in [0.3, 0.4) is 0 Å². The molecule has 0 spiro atoms. The van der Waals surface area contributed by atoms with Gasteiger partial charge in [-0.1, -0.05) is 26.7 Å². The second kappa shape index (κ2) is 6.46. The van der Waals surface area contributed by atoms with Crippen molar-refractivity contribution in [3.05, 3.63) is 0 Å². The van der Waals surface area contributed by atoms with Gasteiger partial charge in [-0.3, -0.25) is 0 Å². The highest BCUT2D eigenvalue weighted by atomic mass is 16.4. The van der Waals surface area contributed by atoms with Crippen molar-refractivity contribution >= 4 is 12.0 Å². The lowest BCUT2D eigenvalue weighted by molar-refractivity contribution is -0.139. The molecule has 0 aromatic heterocycles. The van der Waals surface area contributed by atoms with Crippen molar-refractivity contribution in [2.45, 2.75) is 64.5 Å². The molecular weight excluding hydrogens is 256 g/mol. The van der Waals surface area contributed by atoms with Crippen LogP contribution in [0, 0.1) is 11.8 Å². The number of carboxylic acid groups (broad SMARTS) is 1. The minimum absolute atomic E-state index is 0.188. The van der Waals surface area contributed by atoms with E-state index in [0.717, 1.165) is 19.4 Å². The van der Waals surface area contributed by atoms with Crippen LogP contribution >= 0.6 is 0 Å². The Balaban J connectivity index is 1.94. The molecule has 2 N–H and O–H groups in total. The number of carbonyl (C=O) groups excluding carboxylic acids is 1. The van der Waals surface area contributed by atoms with Crippen molar-refractivity contribution in [2.24, 2.45) is 11.8 Å². The van der Waals surface area contributed by atoms with Crippen LogP contribution in [0.4, 0.5) is 4.79 Å². The zero-order valence-corrected chi connectivity index (χ0v) is 12.5. The Bertz CT molecular complexity index is 370. The molecule has 2 amide bonds. The number of hydrogen-bond donors (Lipinski definition) is 2. The average molecular weight is 282 g/mol. The van der Waals surface area contributed by atoms with Crippen molar-refractivity contribution < 1.29 is 14.7 Å². The fourth-order valence-electron chi connectivity index (χ4n) is 3.58. The predicted molar refractivity (Wildman–Crippen MR) is 76.5 cm³/mol. The van der Waals surface area contributed by atoms with E-state index in [2.05, 4.69) is 5.32 Å². The maximum Gasteiger partial charge on any atom is 0.326 e. The lowest BCUT2D eigenvalue weighted by atomic mass is 9.85. The summed E-state index contributed by atoms with van der Waals surface area (Å²) in [5, 5.41) is 11.9. The van der Waals surface area contributed by atoms with Crippen LogP contribution in [-0.2, 0) is 4.79 Å². The van der Waals surface area contributed by atoms with Gasteiger partial charge in [-0.25, -0.2) is 9.59 Å². The van der Waals surface area contributed by atoms with Crippen LogP contribution in [0.5, 0.6) is 0 Å². The van der Waals surface area contributed by atoms with Crippen molar-refractivity contribution in [1.82, 2.24) is 10.2 Å². The number of urea groups is 1. The summed E-state index contributed by atoms with van der Waals surface area (Å²) in [5.41, 5.74) is 0. The smallest absolute Gasteiger partial charge is 0.326 e. The number of aliphatic carboxylic acids is 1. The van der Waals surface area contributed by atoms with Gasteiger partial charge in [0.05, 0.1) is 0 Å². The van der Waals surface area contributed by atoms with Crippen molar-refractivity contribution in [1.29, 1.82) is 0 Å². The number of fused-ring (bicyclic) bond motifs is 1. The molecule has 0 bridgehead atoms. The highest BCUT2D eigenvalue weighted by molar-refractivity contribution is 5.82. The Morgan fingerprint density at radius 2 is 1.95 bits per heavy atom. The number of carbonyl (C=O) groups is 2. The number of hydrogen-bond acceptors (Lipinski definition) is 2. The van der Waals surface area contributed by atoms with E-state index in [-0.39, 0.29) is 11.9 Å². The third kappa shape index (κ3) is 3.44. The van der Waals surface area contributed by atoms with E-state index in [4.69, 9.17) is 0 Å². The lowest BCUT2D eigenvalue weighted by Crippen LogP contribution is -2.50. The second-order valence-corrected chi connectivity index (χ2v) is 6.56. The van der Waals surface area contributed by atoms with Gasteiger partial charge in [-0.2, -0.15) is 0 Å². The lowest BCUT2D eigenvalue weighted by Gasteiger charge is -2.32. The van der Waals surface area contributed by atoms with E-state index in [1.54, 1.807) is 0 Å². The van der Waals surface area contributed by atoms with Gasteiger partial charge in [0.25, 0.3) is 0 Å². The van der Waals surface area contributed by atoms with E-state index in [0.29, 0.717) is 18.4 Å². The van der Waals surface area contributed by atoms with Gasteiger partial charge in [0.1, 0.15) is 6.04 Å². The molecular formula is C15H26N2O3. The van der Waals surface area contributed by atoms with Crippen molar-refractivity contribution in [3.8, 4) is 0 Å². The summed E-state index contributed by atoms with van der Waals surface area (Å²) in [6.07, 6.45) is 6.27. The van der Waals surface area contributed by atoms with Crippen molar-refractivity contribution in [3.63, 3.8) is 0 Å². The molecule has 0 radical (unpaired) electrons. The number of nitrogens with zero attached hydrogens (tertiary/aromatic N) is 1. The number of likely N-dealkylation sites (tertiary alicyclic amines) is 1. The van der Waals surface area contributed by atoms with Gasteiger partial charge >= 0.3 is 12.0 Å². The molecule has 5 nitrogen and oxygen atoms in total. The largest absolute Gasteiger partial charge is 0.480 e. The summed E-state index contributed by atoms with van der Waals surface area (Å²) >= 11 is 0. The van der Waals surface area contributed by atoms with Crippen molar-refractivity contribution in [2.75, 3.05) is 6.54 Å². The maximum absolute atomic E-state index is 12.3. The first-order valence-corrected chi connectivity index (χ1v) is 7.79. The quantitative estimate of drug-likeness (QED) is 0.832. The van der Waals surface area contributed by atoms with E-state index >= 15 is 0 Å². The topological polar surface area (TPSA) is 69.6 Å². The van der Waals surface area contributed by atoms with Crippen LogP contribution in [0.2, 0.25) is 0 Å². The van der Waals surface area contributed by atoms with Gasteiger partial charge in [-0.15, -0.1) is 0 Å². The molecule has 1 aliphatic carbocycles. The van der Waals surface area contributed by atoms with Gasteiger partial charge in [0, 0.05) is 12.6 Å². The highest BCUT2D eigenvalue weighted by Crippen LogP contribution is 2.36. The van der Waals surface area contributed by atoms with Crippen LogP contribution in [0.15, 0.2) is 0 Å². The first-order valence-electron chi connectivity index (χ1n) is 7.79. The second-order valence-electron chi connectivity index (χ2n) is 6.56. The zero-order chi connectivity index (χ0) is 14.7. The van der Waals surface area contributed by atoms with Gasteiger partial charge in [0.15, 0.2) is 0 Å². The van der Waals surface area contributed by atoms with Crippen LogP contribution in [0.25, 0.3) is 0 Å². The van der Waals surface area contributed by atoms with E-state index in [1.807, 2.05) is 18.7 Å². The molecule has 1 aliphatic heterocycles.